The molecule has 0 heterocycles. The van der Waals surface area contributed by atoms with Gasteiger partial charge in [0.15, 0.2) is 6.61 Å². The summed E-state index contributed by atoms with van der Waals surface area (Å²) >= 11 is 0. The summed E-state index contributed by atoms with van der Waals surface area (Å²) in [6, 6.07) is 15.2. The smallest absolute Gasteiger partial charge is 0.261 e. The molecule has 2 rings (SSSR count). The van der Waals surface area contributed by atoms with Crippen molar-refractivity contribution in [1.29, 1.82) is 0 Å². The van der Waals surface area contributed by atoms with Gasteiger partial charge in [0.1, 0.15) is 11.8 Å². The van der Waals surface area contributed by atoms with E-state index in [0.717, 1.165) is 16.7 Å². The molecule has 0 aromatic heterocycles. The van der Waals surface area contributed by atoms with E-state index < -0.39 is 6.04 Å². The number of hydrogen-bond acceptors (Lipinski definition) is 3. The van der Waals surface area contributed by atoms with Crippen LogP contribution in [0.5, 0.6) is 5.75 Å². The van der Waals surface area contributed by atoms with Crippen LogP contribution < -0.4 is 10.1 Å². The molecule has 0 radical (unpaired) electrons. The molecule has 5 nitrogen and oxygen atoms in total. The van der Waals surface area contributed by atoms with Crippen molar-refractivity contribution in [3.63, 3.8) is 0 Å². The van der Waals surface area contributed by atoms with E-state index in [-0.39, 0.29) is 29.4 Å². The number of carbonyl (C=O) groups excluding carboxylic acids is 2. The monoisotopic (exact) mass is 452 g/mol. The van der Waals surface area contributed by atoms with Gasteiger partial charge in [-0.2, -0.15) is 0 Å². The number of aryl methyl sites for hydroxylation is 1. The van der Waals surface area contributed by atoms with Gasteiger partial charge in [-0.1, -0.05) is 70.2 Å². The van der Waals surface area contributed by atoms with Crippen LogP contribution in [0, 0.1) is 6.92 Å². The maximum atomic E-state index is 13.5. The highest BCUT2D eigenvalue weighted by molar-refractivity contribution is 5.88. The van der Waals surface area contributed by atoms with Gasteiger partial charge in [-0.05, 0) is 62.3 Å². The number of para-hydroxylation sites is 1. The largest absolute Gasteiger partial charge is 0.483 e. The first-order valence-corrected chi connectivity index (χ1v) is 11.7. The van der Waals surface area contributed by atoms with Crippen molar-refractivity contribution < 1.29 is 14.3 Å². The minimum absolute atomic E-state index is 0.112. The molecule has 0 unspecified atom stereocenters. The molecule has 5 heteroatoms. The zero-order valence-corrected chi connectivity index (χ0v) is 21.5. The molecule has 0 saturated carbocycles. The molecule has 2 amide bonds. The van der Waals surface area contributed by atoms with Crippen LogP contribution in [0.2, 0.25) is 0 Å². The Morgan fingerprint density at radius 2 is 1.58 bits per heavy atom. The van der Waals surface area contributed by atoms with Gasteiger partial charge in [0.05, 0.1) is 0 Å². The highest BCUT2D eigenvalue weighted by Crippen LogP contribution is 2.31. The molecule has 0 aliphatic heterocycles. The average molecular weight is 453 g/mol. The maximum Gasteiger partial charge on any atom is 0.261 e. The topological polar surface area (TPSA) is 58.6 Å². The summed E-state index contributed by atoms with van der Waals surface area (Å²) in [6.45, 7) is 16.4. The number of carbonyl (C=O) groups is 2. The van der Waals surface area contributed by atoms with Crippen molar-refractivity contribution >= 4 is 11.8 Å². The van der Waals surface area contributed by atoms with Crippen LogP contribution in [0.15, 0.2) is 48.5 Å². The molecule has 0 spiro atoms. The molecule has 0 aliphatic carbocycles. The highest BCUT2D eigenvalue weighted by atomic mass is 16.5. The fraction of sp³-hybridized carbons (Fsp3) is 0.500. The predicted molar refractivity (Wildman–Crippen MR) is 134 cm³/mol. The minimum atomic E-state index is -0.585. The second-order valence-corrected chi connectivity index (χ2v) is 10.6. The van der Waals surface area contributed by atoms with Crippen LogP contribution in [0.25, 0.3) is 0 Å². The van der Waals surface area contributed by atoms with E-state index in [9.17, 15) is 9.59 Å². The lowest BCUT2D eigenvalue weighted by molar-refractivity contribution is -0.143. The van der Waals surface area contributed by atoms with Gasteiger partial charge in [0.2, 0.25) is 5.91 Å². The summed E-state index contributed by atoms with van der Waals surface area (Å²) in [5.74, 6) is 0.335. The number of nitrogens with one attached hydrogen (secondary N) is 1. The van der Waals surface area contributed by atoms with Crippen molar-refractivity contribution in [3.05, 3.63) is 65.2 Å². The van der Waals surface area contributed by atoms with E-state index in [1.807, 2.05) is 83.1 Å². The lowest BCUT2D eigenvalue weighted by atomic mass is 9.86. The van der Waals surface area contributed by atoms with Gasteiger partial charge < -0.3 is 15.0 Å². The first kappa shape index (κ1) is 26.4. The van der Waals surface area contributed by atoms with Crippen molar-refractivity contribution in [1.82, 2.24) is 10.2 Å². The molecule has 1 atom stereocenters. The Labute approximate surface area is 199 Å². The molecule has 2 aromatic carbocycles. The fourth-order valence-electron chi connectivity index (χ4n) is 3.78. The zero-order chi connectivity index (χ0) is 24.8. The number of hydrogen-bond donors (Lipinski definition) is 1. The van der Waals surface area contributed by atoms with E-state index in [1.165, 1.54) is 0 Å². The van der Waals surface area contributed by atoms with Gasteiger partial charge in [0, 0.05) is 12.1 Å². The number of benzene rings is 2. The maximum absolute atomic E-state index is 13.5. The van der Waals surface area contributed by atoms with E-state index in [0.29, 0.717) is 18.7 Å². The van der Waals surface area contributed by atoms with Crippen LogP contribution in [-0.4, -0.2) is 34.9 Å². The lowest BCUT2D eigenvalue weighted by Gasteiger charge is -2.33. The Kier molecular flexibility index (Phi) is 8.70. The SMILES string of the molecule is CC[C@H](C(=O)NC(C)(C)C)N(Cc1ccccc1C)C(=O)COc1ccccc1C(C)(C)C. The van der Waals surface area contributed by atoms with E-state index in [2.05, 4.69) is 26.1 Å². The summed E-state index contributed by atoms with van der Waals surface area (Å²) in [5, 5.41) is 3.04. The first-order valence-electron chi connectivity index (χ1n) is 11.7. The molecule has 0 aliphatic rings. The predicted octanol–water partition coefficient (Wildman–Crippen LogP) is 5.39. The van der Waals surface area contributed by atoms with Gasteiger partial charge >= 0.3 is 0 Å². The Morgan fingerprint density at radius 3 is 2.15 bits per heavy atom. The van der Waals surface area contributed by atoms with E-state index in [4.69, 9.17) is 4.74 Å². The molecule has 33 heavy (non-hydrogen) atoms. The number of amides is 2. The quantitative estimate of drug-likeness (QED) is 0.584. The molecule has 0 fully saturated rings. The standard InChI is InChI=1S/C28H40N2O3/c1-9-23(26(32)29-28(6,7)8)30(18-21-15-11-10-14-20(21)2)25(31)19-33-24-17-13-12-16-22(24)27(3,4)5/h10-17,23H,9,18-19H2,1-8H3,(H,29,32)/t23-/m1/s1. The third kappa shape index (κ3) is 7.62. The van der Waals surface area contributed by atoms with Crippen molar-refractivity contribution in [3.8, 4) is 5.75 Å². The first-order chi connectivity index (χ1) is 15.3. The molecular weight excluding hydrogens is 412 g/mol. The second-order valence-electron chi connectivity index (χ2n) is 10.6. The highest BCUT2D eigenvalue weighted by Gasteiger charge is 2.31. The third-order valence-corrected chi connectivity index (χ3v) is 5.53. The normalized spacial score (nSPS) is 12.7. The Bertz CT molecular complexity index is 954. The van der Waals surface area contributed by atoms with Crippen LogP contribution in [0.3, 0.4) is 0 Å². The second kappa shape index (κ2) is 10.9. The molecule has 1 N–H and O–H groups in total. The Hall–Kier alpha value is -2.82. The van der Waals surface area contributed by atoms with Crippen molar-refractivity contribution in [2.24, 2.45) is 0 Å². The minimum Gasteiger partial charge on any atom is -0.483 e. The third-order valence-electron chi connectivity index (χ3n) is 5.53. The van der Waals surface area contributed by atoms with Gasteiger partial charge in [-0.3, -0.25) is 9.59 Å². The number of rotatable bonds is 8. The summed E-state index contributed by atoms with van der Waals surface area (Å²) in [4.78, 5) is 28.3. The fourth-order valence-corrected chi connectivity index (χ4v) is 3.78. The summed E-state index contributed by atoms with van der Waals surface area (Å²) in [5.41, 5.74) is 2.65. The molecule has 180 valence electrons. The van der Waals surface area contributed by atoms with Crippen LogP contribution in [0.1, 0.15) is 71.6 Å². The van der Waals surface area contributed by atoms with Crippen molar-refractivity contribution in [2.75, 3.05) is 6.61 Å². The lowest BCUT2D eigenvalue weighted by Crippen LogP contribution is -2.54. The summed E-state index contributed by atoms with van der Waals surface area (Å²) in [7, 11) is 0. The number of nitrogens with zero attached hydrogens (tertiary/aromatic N) is 1. The van der Waals surface area contributed by atoms with Crippen molar-refractivity contribution in [2.45, 2.75) is 85.4 Å². The number of ether oxygens (including phenoxy) is 1. The van der Waals surface area contributed by atoms with Crippen LogP contribution >= 0.6 is 0 Å². The van der Waals surface area contributed by atoms with Gasteiger partial charge in [-0.15, -0.1) is 0 Å². The van der Waals surface area contributed by atoms with E-state index in [1.54, 1.807) is 4.90 Å². The average Bonchev–Trinajstić information content (AvgIpc) is 2.71. The summed E-state index contributed by atoms with van der Waals surface area (Å²) < 4.78 is 6.03. The Balaban J connectivity index is 2.32. The molecule has 2 aromatic rings. The molecule has 0 saturated heterocycles. The van der Waals surface area contributed by atoms with Gasteiger partial charge in [0.25, 0.3) is 5.91 Å². The molecular formula is C28H40N2O3. The van der Waals surface area contributed by atoms with Crippen LogP contribution in [0.4, 0.5) is 0 Å². The Morgan fingerprint density at radius 1 is 0.970 bits per heavy atom. The summed E-state index contributed by atoms with van der Waals surface area (Å²) in [6.07, 6.45) is 0.512. The zero-order valence-electron chi connectivity index (χ0n) is 21.5. The van der Waals surface area contributed by atoms with Crippen LogP contribution in [-0.2, 0) is 21.5 Å². The van der Waals surface area contributed by atoms with E-state index >= 15 is 0 Å². The molecule has 0 bridgehead atoms. The van der Waals surface area contributed by atoms with Gasteiger partial charge in [-0.25, -0.2) is 0 Å².